The Balaban J connectivity index is 1.38. The van der Waals surface area contributed by atoms with Crippen molar-refractivity contribution in [2.24, 2.45) is 0 Å². The highest BCUT2D eigenvalue weighted by atomic mass is 28.4. The summed E-state index contributed by atoms with van der Waals surface area (Å²) in [5, 5.41) is 9.90. The van der Waals surface area contributed by atoms with Gasteiger partial charge in [-0.15, -0.1) is 0 Å². The van der Waals surface area contributed by atoms with Crippen molar-refractivity contribution >= 4 is 80.7 Å². The monoisotopic (exact) mass is 626 g/mol. The van der Waals surface area contributed by atoms with Gasteiger partial charge in [-0.1, -0.05) is 181 Å². The zero-order chi connectivity index (χ0) is 31.1. The van der Waals surface area contributed by atoms with Crippen molar-refractivity contribution in [3.8, 4) is 11.1 Å². The van der Waals surface area contributed by atoms with Crippen LogP contribution >= 0.6 is 0 Å². The standard InChI is InChI=1S/C42H28F2Si2/c43-45(39-21-17-31-9-1-5-13-35(31)27-39,40-22-18-32-10-2-6-14-36(32)28-40)25-26-46(44,41-23-19-33-11-3-7-15-37(33)29-41)42-24-20-34-12-4-8-16-38(34)30-42/h1-24,27-30H. The van der Waals surface area contributed by atoms with E-state index in [4.69, 9.17) is 0 Å². The van der Waals surface area contributed by atoms with E-state index in [0.717, 1.165) is 43.1 Å². The molecule has 0 bridgehead atoms. The quantitative estimate of drug-likeness (QED) is 0.105. The highest BCUT2D eigenvalue weighted by Gasteiger charge is 2.42. The number of halogens is 2. The Kier molecular flexibility index (Phi) is 6.87. The summed E-state index contributed by atoms with van der Waals surface area (Å²) in [6, 6.07) is 54.5. The highest BCUT2D eigenvalue weighted by Crippen LogP contribution is 2.21. The Morgan fingerprint density at radius 3 is 0.739 bits per heavy atom. The summed E-state index contributed by atoms with van der Waals surface area (Å²) in [7, 11) is -8.57. The average molecular weight is 627 g/mol. The van der Waals surface area contributed by atoms with Crippen LogP contribution in [0.3, 0.4) is 0 Å². The minimum Gasteiger partial charge on any atom is -0.285 e. The van der Waals surface area contributed by atoms with Crippen molar-refractivity contribution in [1.29, 1.82) is 0 Å². The number of benzene rings is 8. The predicted molar refractivity (Wildman–Crippen MR) is 196 cm³/mol. The minimum atomic E-state index is -4.29. The third kappa shape index (κ3) is 4.91. The lowest BCUT2D eigenvalue weighted by molar-refractivity contribution is 0.840. The van der Waals surface area contributed by atoms with Crippen molar-refractivity contribution in [3.05, 3.63) is 170 Å². The molecule has 0 radical (unpaired) electrons. The summed E-state index contributed by atoms with van der Waals surface area (Å²) in [6.45, 7) is 0. The van der Waals surface area contributed by atoms with Gasteiger partial charge in [-0.2, -0.15) is 0 Å². The molecule has 0 N–H and O–H groups in total. The van der Waals surface area contributed by atoms with E-state index >= 15 is 8.22 Å². The first-order valence-corrected chi connectivity index (χ1v) is 19.1. The van der Waals surface area contributed by atoms with Crippen LogP contribution in [0.5, 0.6) is 0 Å². The van der Waals surface area contributed by atoms with Crippen LogP contribution < -0.4 is 20.7 Å². The van der Waals surface area contributed by atoms with Crippen LogP contribution in [0.2, 0.25) is 0 Å². The van der Waals surface area contributed by atoms with Crippen LogP contribution in [0.15, 0.2) is 170 Å². The van der Waals surface area contributed by atoms with Gasteiger partial charge in [-0.25, -0.2) is 0 Å². The summed E-state index contributed by atoms with van der Waals surface area (Å²) in [5.41, 5.74) is 6.20. The van der Waals surface area contributed by atoms with E-state index in [0.29, 0.717) is 20.7 Å². The molecule has 4 heteroatoms. The van der Waals surface area contributed by atoms with E-state index in [1.165, 1.54) is 0 Å². The fraction of sp³-hybridized carbons (Fsp3) is 0. The van der Waals surface area contributed by atoms with Crippen LogP contribution in [0, 0.1) is 11.1 Å². The maximum Gasteiger partial charge on any atom is 0.384 e. The first-order chi connectivity index (χ1) is 22.5. The van der Waals surface area contributed by atoms with Crippen LogP contribution in [-0.4, -0.2) is 16.8 Å². The summed E-state index contributed by atoms with van der Waals surface area (Å²) in [4.78, 5) is 0. The summed E-state index contributed by atoms with van der Waals surface area (Å²) in [6.07, 6.45) is 0. The molecule has 0 unspecified atom stereocenters. The molecule has 0 saturated heterocycles. The molecule has 0 atom stereocenters. The van der Waals surface area contributed by atoms with Crippen molar-refractivity contribution in [2.45, 2.75) is 0 Å². The molecule has 218 valence electrons. The molecular formula is C42H28F2Si2. The molecule has 0 aromatic heterocycles. The lowest BCUT2D eigenvalue weighted by Crippen LogP contribution is -2.57. The molecule has 0 saturated carbocycles. The van der Waals surface area contributed by atoms with E-state index in [1.807, 2.05) is 170 Å². The normalized spacial score (nSPS) is 12.0. The fourth-order valence-corrected chi connectivity index (χ4v) is 11.7. The predicted octanol–water partition coefficient (Wildman–Crippen LogP) is 8.14. The van der Waals surface area contributed by atoms with E-state index in [-0.39, 0.29) is 0 Å². The zero-order valence-electron chi connectivity index (χ0n) is 24.9. The topological polar surface area (TPSA) is 0 Å². The average Bonchev–Trinajstić information content (AvgIpc) is 3.12. The SMILES string of the molecule is F[Si](C#C[Si](F)(c1ccc2ccccc2c1)c1ccc2ccccc2c1)(c1ccc2ccccc2c1)c1ccc2ccccc2c1. The van der Waals surface area contributed by atoms with Crippen molar-refractivity contribution in [3.63, 3.8) is 0 Å². The minimum absolute atomic E-state index is 0.516. The van der Waals surface area contributed by atoms with Gasteiger partial charge in [-0.3, -0.25) is 8.22 Å². The Hall–Kier alpha value is -5.35. The highest BCUT2D eigenvalue weighted by molar-refractivity contribution is 7.07. The van der Waals surface area contributed by atoms with Crippen molar-refractivity contribution < 1.29 is 8.22 Å². The molecule has 8 aromatic rings. The number of hydrogen-bond acceptors (Lipinski definition) is 0. The van der Waals surface area contributed by atoms with Crippen LogP contribution in [0.1, 0.15) is 0 Å². The Bertz CT molecular complexity index is 2160. The van der Waals surface area contributed by atoms with Gasteiger partial charge in [0, 0.05) is 0 Å². The van der Waals surface area contributed by atoms with Gasteiger partial charge >= 0.3 is 16.8 Å². The Morgan fingerprint density at radius 1 is 0.283 bits per heavy atom. The first kappa shape index (κ1) is 28.1. The Morgan fingerprint density at radius 2 is 0.500 bits per heavy atom. The van der Waals surface area contributed by atoms with Gasteiger partial charge in [0.2, 0.25) is 0 Å². The van der Waals surface area contributed by atoms with E-state index in [9.17, 15) is 0 Å². The number of fused-ring (bicyclic) bond motifs is 4. The van der Waals surface area contributed by atoms with Crippen molar-refractivity contribution in [1.82, 2.24) is 0 Å². The molecule has 46 heavy (non-hydrogen) atoms. The summed E-state index contributed by atoms with van der Waals surface area (Å²) in [5.74, 6) is 0. The lowest BCUT2D eigenvalue weighted by Gasteiger charge is -2.22. The molecule has 0 aliphatic carbocycles. The van der Waals surface area contributed by atoms with Crippen LogP contribution in [-0.2, 0) is 0 Å². The molecule has 0 aliphatic rings. The maximum absolute atomic E-state index is 18.2. The summed E-state index contributed by atoms with van der Waals surface area (Å²) >= 11 is 0. The van der Waals surface area contributed by atoms with E-state index in [2.05, 4.69) is 11.1 Å². The second kappa shape index (κ2) is 11.2. The Labute approximate surface area is 268 Å². The van der Waals surface area contributed by atoms with Crippen molar-refractivity contribution in [2.75, 3.05) is 0 Å². The molecule has 8 rings (SSSR count). The van der Waals surface area contributed by atoms with Gasteiger partial charge in [0.05, 0.1) is 0 Å². The van der Waals surface area contributed by atoms with Crippen LogP contribution in [0.4, 0.5) is 8.22 Å². The molecule has 0 heterocycles. The first-order valence-electron chi connectivity index (χ1n) is 15.4. The molecule has 0 spiro atoms. The molecule has 0 aliphatic heterocycles. The van der Waals surface area contributed by atoms with Gasteiger partial charge in [0.15, 0.2) is 0 Å². The third-order valence-corrected chi connectivity index (χ3v) is 14.6. The maximum atomic E-state index is 18.2. The fourth-order valence-electron chi connectivity index (χ4n) is 6.41. The van der Waals surface area contributed by atoms with Gasteiger partial charge in [0.25, 0.3) is 0 Å². The molecule has 0 nitrogen and oxygen atoms in total. The second-order valence-corrected chi connectivity index (χ2v) is 17.3. The smallest absolute Gasteiger partial charge is 0.285 e. The molecular weight excluding hydrogens is 599 g/mol. The largest absolute Gasteiger partial charge is 0.384 e. The van der Waals surface area contributed by atoms with Crippen LogP contribution in [0.25, 0.3) is 43.1 Å². The van der Waals surface area contributed by atoms with E-state index in [1.54, 1.807) is 0 Å². The van der Waals surface area contributed by atoms with Gasteiger partial charge in [-0.05, 0) is 63.8 Å². The van der Waals surface area contributed by atoms with Gasteiger partial charge < -0.3 is 0 Å². The zero-order valence-corrected chi connectivity index (χ0v) is 26.9. The van der Waals surface area contributed by atoms with Gasteiger partial charge in [0.1, 0.15) is 0 Å². The number of hydrogen-bond donors (Lipinski definition) is 0. The molecule has 0 fully saturated rings. The molecule has 8 aromatic carbocycles. The van der Waals surface area contributed by atoms with E-state index < -0.39 is 16.8 Å². The lowest BCUT2D eigenvalue weighted by atomic mass is 10.1. The third-order valence-electron chi connectivity index (χ3n) is 9.00. The second-order valence-electron chi connectivity index (χ2n) is 11.8. The summed E-state index contributed by atoms with van der Waals surface area (Å²) < 4.78 is 36.4. The molecule has 0 amide bonds. The number of rotatable bonds is 4.